The van der Waals surface area contributed by atoms with Gasteiger partial charge in [-0.15, -0.1) is 0 Å². The zero-order chi connectivity index (χ0) is 13.1. The van der Waals surface area contributed by atoms with Crippen molar-refractivity contribution in [2.24, 2.45) is 0 Å². The summed E-state index contributed by atoms with van der Waals surface area (Å²) in [5.74, 6) is 1.04. The third kappa shape index (κ3) is 2.48. The van der Waals surface area contributed by atoms with E-state index in [-0.39, 0.29) is 18.0 Å². The number of rotatable bonds is 4. The van der Waals surface area contributed by atoms with Gasteiger partial charge >= 0.3 is 0 Å². The van der Waals surface area contributed by atoms with Gasteiger partial charge in [0.25, 0.3) is 0 Å². The van der Waals surface area contributed by atoms with Gasteiger partial charge in [-0.3, -0.25) is 10.1 Å². The summed E-state index contributed by atoms with van der Waals surface area (Å²) in [7, 11) is 3.51. The first-order valence-corrected chi connectivity index (χ1v) is 6.27. The number of methoxy groups -OCH3 is 1. The maximum absolute atomic E-state index is 11.9. The Kier molecular flexibility index (Phi) is 3.87. The number of likely N-dealkylation sites (tertiary alicyclic amines) is 1. The molecule has 1 amide bonds. The van der Waals surface area contributed by atoms with Crippen molar-refractivity contribution in [3.8, 4) is 5.75 Å². The molecule has 1 aliphatic rings. The van der Waals surface area contributed by atoms with E-state index in [1.807, 2.05) is 31.3 Å². The molecule has 98 valence electrons. The van der Waals surface area contributed by atoms with E-state index in [2.05, 4.69) is 12.2 Å². The van der Waals surface area contributed by atoms with Crippen molar-refractivity contribution >= 4 is 5.91 Å². The first kappa shape index (κ1) is 12.9. The summed E-state index contributed by atoms with van der Waals surface area (Å²) < 4.78 is 5.34. The molecule has 4 nitrogen and oxygen atoms in total. The SMILES string of the molecule is COc1ccccc1[C@@H](C)NC1CCN(C)C1=O. The Morgan fingerprint density at radius 3 is 2.78 bits per heavy atom. The van der Waals surface area contributed by atoms with Crippen LogP contribution in [0.5, 0.6) is 5.75 Å². The Morgan fingerprint density at radius 1 is 1.44 bits per heavy atom. The molecular formula is C14H20N2O2. The molecule has 0 radical (unpaired) electrons. The molecule has 1 saturated heterocycles. The monoisotopic (exact) mass is 248 g/mol. The molecule has 1 N–H and O–H groups in total. The number of hydrogen-bond acceptors (Lipinski definition) is 3. The maximum atomic E-state index is 11.9. The van der Waals surface area contributed by atoms with Crippen LogP contribution < -0.4 is 10.1 Å². The van der Waals surface area contributed by atoms with E-state index in [0.717, 1.165) is 24.3 Å². The minimum atomic E-state index is -0.0742. The Bertz CT molecular complexity index is 434. The van der Waals surface area contributed by atoms with Crippen molar-refractivity contribution in [2.45, 2.75) is 25.4 Å². The second-order valence-electron chi connectivity index (χ2n) is 4.73. The highest BCUT2D eigenvalue weighted by molar-refractivity contribution is 5.83. The van der Waals surface area contributed by atoms with E-state index in [1.54, 1.807) is 12.0 Å². The number of carbonyl (C=O) groups is 1. The number of para-hydroxylation sites is 1. The van der Waals surface area contributed by atoms with Gasteiger partial charge in [-0.05, 0) is 19.4 Å². The summed E-state index contributed by atoms with van der Waals surface area (Å²) in [6, 6.07) is 7.93. The van der Waals surface area contributed by atoms with Crippen LogP contribution in [-0.4, -0.2) is 37.6 Å². The number of benzene rings is 1. The highest BCUT2D eigenvalue weighted by Crippen LogP contribution is 2.25. The summed E-state index contributed by atoms with van der Waals surface area (Å²) in [6.07, 6.45) is 0.870. The number of hydrogen-bond donors (Lipinski definition) is 1. The summed E-state index contributed by atoms with van der Waals surface area (Å²) in [5, 5.41) is 3.38. The highest BCUT2D eigenvalue weighted by atomic mass is 16.5. The second-order valence-corrected chi connectivity index (χ2v) is 4.73. The van der Waals surface area contributed by atoms with Crippen molar-refractivity contribution in [2.75, 3.05) is 20.7 Å². The van der Waals surface area contributed by atoms with Crippen LogP contribution in [0.25, 0.3) is 0 Å². The second kappa shape index (κ2) is 5.40. The van der Waals surface area contributed by atoms with Crippen LogP contribution in [0.3, 0.4) is 0 Å². The Morgan fingerprint density at radius 2 is 2.17 bits per heavy atom. The van der Waals surface area contributed by atoms with Crippen LogP contribution >= 0.6 is 0 Å². The fourth-order valence-corrected chi connectivity index (χ4v) is 2.39. The molecule has 0 spiro atoms. The quantitative estimate of drug-likeness (QED) is 0.879. The van der Waals surface area contributed by atoms with Crippen LogP contribution in [0, 0.1) is 0 Å². The van der Waals surface area contributed by atoms with E-state index in [0.29, 0.717) is 0 Å². The third-order valence-electron chi connectivity index (χ3n) is 3.48. The van der Waals surface area contributed by atoms with Crippen LogP contribution in [0.15, 0.2) is 24.3 Å². The Labute approximate surface area is 108 Å². The molecule has 0 aromatic heterocycles. The molecule has 0 aliphatic carbocycles. The number of nitrogens with zero attached hydrogens (tertiary/aromatic N) is 1. The van der Waals surface area contributed by atoms with Gasteiger partial charge in [0.15, 0.2) is 0 Å². The smallest absolute Gasteiger partial charge is 0.239 e. The Hall–Kier alpha value is -1.55. The van der Waals surface area contributed by atoms with Crippen LogP contribution in [0.2, 0.25) is 0 Å². The van der Waals surface area contributed by atoms with Gasteiger partial charge < -0.3 is 9.64 Å². The zero-order valence-corrected chi connectivity index (χ0v) is 11.1. The van der Waals surface area contributed by atoms with E-state index in [9.17, 15) is 4.79 Å². The summed E-state index contributed by atoms with van der Waals surface area (Å²) in [5.41, 5.74) is 1.09. The van der Waals surface area contributed by atoms with Gasteiger partial charge in [0.2, 0.25) is 5.91 Å². The normalized spacial score (nSPS) is 21.2. The average Bonchev–Trinajstić information content (AvgIpc) is 2.70. The summed E-state index contributed by atoms with van der Waals surface area (Å²) in [4.78, 5) is 13.6. The highest BCUT2D eigenvalue weighted by Gasteiger charge is 2.30. The number of ether oxygens (including phenoxy) is 1. The zero-order valence-electron chi connectivity index (χ0n) is 11.1. The first-order chi connectivity index (χ1) is 8.63. The number of amides is 1. The molecule has 0 bridgehead atoms. The van der Waals surface area contributed by atoms with Gasteiger partial charge in [0.1, 0.15) is 5.75 Å². The minimum absolute atomic E-state index is 0.0742. The predicted octanol–water partition coefficient (Wildman–Crippen LogP) is 1.58. The molecule has 1 aromatic rings. The van der Waals surface area contributed by atoms with Crippen molar-refractivity contribution in [3.63, 3.8) is 0 Å². The molecule has 0 saturated carbocycles. The van der Waals surface area contributed by atoms with Crippen molar-refractivity contribution < 1.29 is 9.53 Å². The molecule has 2 rings (SSSR count). The Balaban J connectivity index is 2.08. The molecule has 1 fully saturated rings. The fourth-order valence-electron chi connectivity index (χ4n) is 2.39. The van der Waals surface area contributed by atoms with Gasteiger partial charge in [0.05, 0.1) is 13.2 Å². The van der Waals surface area contributed by atoms with Crippen molar-refractivity contribution in [1.82, 2.24) is 10.2 Å². The molecule has 4 heteroatoms. The number of likely N-dealkylation sites (N-methyl/N-ethyl adjacent to an activating group) is 1. The van der Waals surface area contributed by atoms with Gasteiger partial charge in [0, 0.05) is 25.2 Å². The molecule has 18 heavy (non-hydrogen) atoms. The lowest BCUT2D eigenvalue weighted by Gasteiger charge is -2.20. The predicted molar refractivity (Wildman–Crippen MR) is 70.6 cm³/mol. The average molecular weight is 248 g/mol. The molecular weight excluding hydrogens is 228 g/mol. The van der Waals surface area contributed by atoms with E-state index >= 15 is 0 Å². The van der Waals surface area contributed by atoms with E-state index < -0.39 is 0 Å². The van der Waals surface area contributed by atoms with Gasteiger partial charge in [-0.25, -0.2) is 0 Å². The number of carbonyl (C=O) groups excluding carboxylic acids is 1. The summed E-state index contributed by atoms with van der Waals surface area (Å²) in [6.45, 7) is 2.89. The van der Waals surface area contributed by atoms with Crippen LogP contribution in [-0.2, 0) is 4.79 Å². The fraction of sp³-hybridized carbons (Fsp3) is 0.500. The topological polar surface area (TPSA) is 41.6 Å². The maximum Gasteiger partial charge on any atom is 0.239 e. The van der Waals surface area contributed by atoms with Crippen molar-refractivity contribution in [3.05, 3.63) is 29.8 Å². The van der Waals surface area contributed by atoms with Crippen molar-refractivity contribution in [1.29, 1.82) is 0 Å². The van der Waals surface area contributed by atoms with Crippen LogP contribution in [0.1, 0.15) is 24.9 Å². The lowest BCUT2D eigenvalue weighted by Crippen LogP contribution is -2.38. The molecule has 1 aliphatic heterocycles. The number of nitrogens with one attached hydrogen (secondary N) is 1. The van der Waals surface area contributed by atoms with Gasteiger partial charge in [-0.2, -0.15) is 0 Å². The first-order valence-electron chi connectivity index (χ1n) is 6.27. The van der Waals surface area contributed by atoms with E-state index in [1.165, 1.54) is 0 Å². The van der Waals surface area contributed by atoms with E-state index in [4.69, 9.17) is 4.74 Å². The lowest BCUT2D eigenvalue weighted by molar-refractivity contribution is -0.128. The standard InChI is InChI=1S/C14H20N2O2/c1-10(11-6-4-5-7-13(11)18-3)15-12-8-9-16(2)14(12)17/h4-7,10,12,15H,8-9H2,1-3H3/t10-,12?/m1/s1. The van der Waals surface area contributed by atoms with Gasteiger partial charge in [-0.1, -0.05) is 18.2 Å². The van der Waals surface area contributed by atoms with Crippen LogP contribution in [0.4, 0.5) is 0 Å². The minimum Gasteiger partial charge on any atom is -0.496 e. The summed E-state index contributed by atoms with van der Waals surface area (Å²) >= 11 is 0. The molecule has 1 heterocycles. The largest absolute Gasteiger partial charge is 0.496 e. The lowest BCUT2D eigenvalue weighted by atomic mass is 10.1. The third-order valence-corrected chi connectivity index (χ3v) is 3.48. The molecule has 1 aromatic carbocycles. The molecule has 2 atom stereocenters. The molecule has 1 unspecified atom stereocenters.